The molecule has 0 radical (unpaired) electrons. The van der Waals surface area contributed by atoms with Gasteiger partial charge in [-0.15, -0.1) is 10.2 Å². The zero-order chi connectivity index (χ0) is 18.0. The number of benzene rings is 1. The van der Waals surface area contributed by atoms with Crippen LogP contribution >= 0.6 is 35.0 Å². The molecule has 0 atom stereocenters. The third kappa shape index (κ3) is 4.28. The maximum Gasteiger partial charge on any atom is 0.233 e. The van der Waals surface area contributed by atoms with Crippen molar-refractivity contribution < 1.29 is 4.79 Å². The Bertz CT molecular complexity index is 774. The number of hydrogen-bond donors (Lipinski definition) is 0. The second kappa shape index (κ2) is 7.95. The largest absolute Gasteiger partial charge is 0.339 e. The molecule has 134 valence electrons. The molecule has 1 aliphatic heterocycles. The molecule has 1 saturated heterocycles. The minimum absolute atomic E-state index is 0.132. The van der Waals surface area contributed by atoms with Crippen LogP contribution < -0.4 is 0 Å². The van der Waals surface area contributed by atoms with E-state index in [0.29, 0.717) is 26.8 Å². The minimum atomic E-state index is 0.132. The number of halogens is 2. The van der Waals surface area contributed by atoms with Gasteiger partial charge in [-0.2, -0.15) is 0 Å². The molecule has 25 heavy (non-hydrogen) atoms. The predicted molar refractivity (Wildman–Crippen MR) is 101 cm³/mol. The van der Waals surface area contributed by atoms with Gasteiger partial charge in [-0.1, -0.05) is 35.0 Å². The van der Waals surface area contributed by atoms with Crippen molar-refractivity contribution in [3.05, 3.63) is 28.2 Å². The van der Waals surface area contributed by atoms with Crippen LogP contribution in [-0.2, 0) is 11.8 Å². The van der Waals surface area contributed by atoms with E-state index in [2.05, 4.69) is 22.1 Å². The van der Waals surface area contributed by atoms with Crippen LogP contribution in [0.3, 0.4) is 0 Å². The van der Waals surface area contributed by atoms with Crippen LogP contribution in [0.5, 0.6) is 0 Å². The van der Waals surface area contributed by atoms with Crippen LogP contribution in [0.4, 0.5) is 0 Å². The summed E-state index contributed by atoms with van der Waals surface area (Å²) in [6, 6.07) is 5.26. The van der Waals surface area contributed by atoms with Gasteiger partial charge in [0.25, 0.3) is 0 Å². The van der Waals surface area contributed by atoms with E-state index >= 15 is 0 Å². The van der Waals surface area contributed by atoms with Crippen molar-refractivity contribution in [1.29, 1.82) is 0 Å². The summed E-state index contributed by atoms with van der Waals surface area (Å²) in [4.78, 5) is 16.5. The summed E-state index contributed by atoms with van der Waals surface area (Å²) in [6.45, 7) is 3.39. The summed E-state index contributed by atoms with van der Waals surface area (Å²) < 4.78 is 1.84. The van der Waals surface area contributed by atoms with Crippen molar-refractivity contribution >= 4 is 40.9 Å². The Labute approximate surface area is 161 Å². The standard InChI is InChI=1S/C16H19Cl2N5OS/c1-21-5-7-23(8-6-21)14(24)10-25-16-20-19-15(22(16)2)12-4-3-11(17)9-13(12)18/h3-4,9H,5-8,10H2,1-2H3. The quantitative estimate of drug-likeness (QED) is 0.739. The van der Waals surface area contributed by atoms with E-state index in [4.69, 9.17) is 23.2 Å². The van der Waals surface area contributed by atoms with Crippen LogP contribution in [0.2, 0.25) is 10.0 Å². The molecule has 2 heterocycles. The smallest absolute Gasteiger partial charge is 0.233 e. The molecular formula is C16H19Cl2N5OS. The molecule has 9 heteroatoms. The van der Waals surface area contributed by atoms with Gasteiger partial charge >= 0.3 is 0 Å². The minimum Gasteiger partial charge on any atom is -0.339 e. The van der Waals surface area contributed by atoms with E-state index in [-0.39, 0.29) is 5.91 Å². The molecule has 0 unspecified atom stereocenters. The Morgan fingerprint density at radius 1 is 1.16 bits per heavy atom. The van der Waals surface area contributed by atoms with E-state index in [1.165, 1.54) is 11.8 Å². The molecule has 0 aliphatic carbocycles. The van der Waals surface area contributed by atoms with Gasteiger partial charge in [-0.25, -0.2) is 0 Å². The topological polar surface area (TPSA) is 54.3 Å². The molecule has 1 aliphatic rings. The molecule has 0 N–H and O–H groups in total. The number of thioether (sulfide) groups is 1. The molecule has 6 nitrogen and oxygen atoms in total. The Kier molecular flexibility index (Phi) is 5.89. The third-order valence-corrected chi connectivity index (χ3v) is 5.74. The molecule has 3 rings (SSSR count). The lowest BCUT2D eigenvalue weighted by atomic mass is 10.2. The van der Waals surface area contributed by atoms with Crippen molar-refractivity contribution in [3.8, 4) is 11.4 Å². The molecule has 1 fully saturated rings. The van der Waals surface area contributed by atoms with Gasteiger partial charge in [-0.3, -0.25) is 4.79 Å². The maximum absolute atomic E-state index is 12.4. The molecule has 1 amide bonds. The average molecular weight is 400 g/mol. The number of aromatic nitrogens is 3. The van der Waals surface area contributed by atoms with E-state index < -0.39 is 0 Å². The second-order valence-electron chi connectivity index (χ2n) is 5.96. The van der Waals surface area contributed by atoms with Crippen LogP contribution in [0, 0.1) is 0 Å². The van der Waals surface area contributed by atoms with Gasteiger partial charge in [0, 0.05) is 43.8 Å². The normalized spacial score (nSPS) is 15.6. The first-order valence-corrected chi connectivity index (χ1v) is 9.64. The first-order chi connectivity index (χ1) is 12.0. The first-order valence-electron chi connectivity index (χ1n) is 7.89. The van der Waals surface area contributed by atoms with Crippen LogP contribution in [0.25, 0.3) is 11.4 Å². The van der Waals surface area contributed by atoms with Crippen molar-refractivity contribution in [2.45, 2.75) is 5.16 Å². The van der Waals surface area contributed by atoms with Crippen LogP contribution in [0.1, 0.15) is 0 Å². The van der Waals surface area contributed by atoms with E-state index in [9.17, 15) is 4.79 Å². The van der Waals surface area contributed by atoms with E-state index in [0.717, 1.165) is 31.7 Å². The summed E-state index contributed by atoms with van der Waals surface area (Å²) in [7, 11) is 3.93. The zero-order valence-corrected chi connectivity index (χ0v) is 16.4. The Balaban J connectivity index is 1.66. The zero-order valence-electron chi connectivity index (χ0n) is 14.1. The molecule has 0 spiro atoms. The van der Waals surface area contributed by atoms with Crippen molar-refractivity contribution in [1.82, 2.24) is 24.6 Å². The molecule has 0 bridgehead atoms. The summed E-state index contributed by atoms with van der Waals surface area (Å²) >= 11 is 13.6. The lowest BCUT2D eigenvalue weighted by Crippen LogP contribution is -2.47. The van der Waals surface area contributed by atoms with Crippen LogP contribution in [0.15, 0.2) is 23.4 Å². The number of amides is 1. The highest BCUT2D eigenvalue weighted by Crippen LogP contribution is 2.30. The van der Waals surface area contributed by atoms with Gasteiger partial charge < -0.3 is 14.4 Å². The lowest BCUT2D eigenvalue weighted by Gasteiger charge is -2.32. The number of rotatable bonds is 4. The molecule has 0 saturated carbocycles. The van der Waals surface area contributed by atoms with Gasteiger partial charge in [-0.05, 0) is 25.2 Å². The van der Waals surface area contributed by atoms with Crippen molar-refractivity contribution in [2.24, 2.45) is 7.05 Å². The highest BCUT2D eigenvalue weighted by Gasteiger charge is 2.20. The number of likely N-dealkylation sites (N-methyl/N-ethyl adjacent to an activating group) is 1. The SMILES string of the molecule is CN1CCN(C(=O)CSc2nnc(-c3ccc(Cl)cc3Cl)n2C)CC1. The number of carbonyl (C=O) groups excluding carboxylic acids is 1. The fraction of sp³-hybridized carbons (Fsp3) is 0.438. The maximum atomic E-state index is 12.4. The average Bonchev–Trinajstić information content (AvgIpc) is 2.94. The van der Waals surface area contributed by atoms with Gasteiger partial charge in [0.05, 0.1) is 10.8 Å². The second-order valence-corrected chi connectivity index (χ2v) is 7.75. The first kappa shape index (κ1) is 18.5. The van der Waals surface area contributed by atoms with Gasteiger partial charge in [0.2, 0.25) is 5.91 Å². The Morgan fingerprint density at radius 3 is 2.56 bits per heavy atom. The summed E-state index contributed by atoms with van der Waals surface area (Å²) in [5.41, 5.74) is 0.762. The highest BCUT2D eigenvalue weighted by atomic mass is 35.5. The summed E-state index contributed by atoms with van der Waals surface area (Å²) in [5, 5.41) is 10.2. The molecule has 2 aromatic rings. The number of hydrogen-bond acceptors (Lipinski definition) is 5. The summed E-state index contributed by atoms with van der Waals surface area (Å²) in [5.74, 6) is 1.13. The van der Waals surface area contributed by atoms with Gasteiger partial charge in [0.1, 0.15) is 0 Å². The molecule has 1 aromatic heterocycles. The van der Waals surface area contributed by atoms with Gasteiger partial charge in [0.15, 0.2) is 11.0 Å². The number of carbonyl (C=O) groups is 1. The van der Waals surface area contributed by atoms with E-state index in [1.54, 1.807) is 12.1 Å². The van der Waals surface area contributed by atoms with Crippen molar-refractivity contribution in [2.75, 3.05) is 39.0 Å². The highest BCUT2D eigenvalue weighted by molar-refractivity contribution is 7.99. The number of nitrogens with zero attached hydrogens (tertiary/aromatic N) is 5. The monoisotopic (exact) mass is 399 g/mol. The fourth-order valence-corrected chi connectivity index (χ4v) is 3.93. The summed E-state index contributed by atoms with van der Waals surface area (Å²) in [6.07, 6.45) is 0. The van der Waals surface area contributed by atoms with Crippen LogP contribution in [-0.4, -0.2) is 69.5 Å². The fourth-order valence-electron chi connectivity index (χ4n) is 2.62. The number of piperazine rings is 1. The third-order valence-electron chi connectivity index (χ3n) is 4.19. The lowest BCUT2D eigenvalue weighted by molar-refractivity contribution is -0.129. The molecular weight excluding hydrogens is 381 g/mol. The van der Waals surface area contributed by atoms with E-state index in [1.807, 2.05) is 22.6 Å². The Hall–Kier alpha value is -1.28. The Morgan fingerprint density at radius 2 is 1.88 bits per heavy atom. The van der Waals surface area contributed by atoms with Crippen molar-refractivity contribution in [3.63, 3.8) is 0 Å². The molecule has 1 aromatic carbocycles. The predicted octanol–water partition coefficient (Wildman–Crippen LogP) is 2.66.